The molecule has 0 saturated carbocycles. The van der Waals surface area contributed by atoms with E-state index in [1.807, 2.05) is 27.0 Å². The summed E-state index contributed by atoms with van der Waals surface area (Å²) in [6.07, 6.45) is 1.97. The van der Waals surface area contributed by atoms with Crippen LogP contribution in [0.5, 0.6) is 0 Å². The predicted molar refractivity (Wildman–Crippen MR) is 91.5 cm³/mol. The number of rotatable bonds is 6. The van der Waals surface area contributed by atoms with E-state index in [2.05, 4.69) is 27.6 Å². The van der Waals surface area contributed by atoms with Crippen LogP contribution in [0.15, 0.2) is 21.8 Å². The van der Waals surface area contributed by atoms with Crippen LogP contribution in [-0.2, 0) is 10.5 Å². The van der Waals surface area contributed by atoms with Gasteiger partial charge in [0.1, 0.15) is 0 Å². The second kappa shape index (κ2) is 7.69. The van der Waals surface area contributed by atoms with Crippen LogP contribution in [0.4, 0.5) is 5.69 Å². The van der Waals surface area contributed by atoms with Gasteiger partial charge in [0, 0.05) is 5.69 Å². The summed E-state index contributed by atoms with van der Waals surface area (Å²) in [5.41, 5.74) is 4.20. The van der Waals surface area contributed by atoms with E-state index >= 15 is 0 Å². The number of anilines is 1. The summed E-state index contributed by atoms with van der Waals surface area (Å²) in [4.78, 5) is 12.1. The van der Waals surface area contributed by atoms with Crippen molar-refractivity contribution >= 4 is 35.1 Å². The maximum absolute atomic E-state index is 12.1. The van der Waals surface area contributed by atoms with Crippen LogP contribution in [0.1, 0.15) is 22.6 Å². The number of nitrogens with zero attached hydrogens (tertiary/aromatic N) is 2. The van der Waals surface area contributed by atoms with E-state index in [-0.39, 0.29) is 11.7 Å². The standard InChI is InChI=1S/C15H19N3O2S2/c1-9-5-10(2)14(11(3)6-9)16-12(19)7-22-15-18-17-13(20-15)8-21-4/h5-6H,7-8H2,1-4H3,(H,16,19). The Labute approximate surface area is 138 Å². The molecule has 0 radical (unpaired) electrons. The number of nitrogens with one attached hydrogen (secondary N) is 1. The van der Waals surface area contributed by atoms with Gasteiger partial charge in [0.25, 0.3) is 5.22 Å². The van der Waals surface area contributed by atoms with Crippen molar-refractivity contribution in [2.75, 3.05) is 17.3 Å². The molecule has 0 bridgehead atoms. The summed E-state index contributed by atoms with van der Waals surface area (Å²) in [5.74, 6) is 1.43. The maximum atomic E-state index is 12.1. The Hall–Kier alpha value is -1.47. The highest BCUT2D eigenvalue weighted by molar-refractivity contribution is 7.99. The molecule has 22 heavy (non-hydrogen) atoms. The Bertz CT molecular complexity index is 648. The van der Waals surface area contributed by atoms with Crippen LogP contribution in [-0.4, -0.2) is 28.1 Å². The highest BCUT2D eigenvalue weighted by Gasteiger charge is 2.12. The average Bonchev–Trinajstić information content (AvgIpc) is 2.89. The lowest BCUT2D eigenvalue weighted by atomic mass is 10.1. The normalized spacial score (nSPS) is 10.7. The van der Waals surface area contributed by atoms with Crippen molar-refractivity contribution in [2.24, 2.45) is 0 Å². The van der Waals surface area contributed by atoms with Crippen LogP contribution in [0.25, 0.3) is 0 Å². The lowest BCUT2D eigenvalue weighted by Gasteiger charge is -2.12. The van der Waals surface area contributed by atoms with Crippen LogP contribution < -0.4 is 5.32 Å². The van der Waals surface area contributed by atoms with E-state index in [1.165, 1.54) is 17.3 Å². The smallest absolute Gasteiger partial charge is 0.277 e. The number of carbonyl (C=O) groups excluding carboxylic acids is 1. The maximum Gasteiger partial charge on any atom is 0.277 e. The first-order valence-corrected chi connectivity index (χ1v) is 9.19. The molecule has 0 aliphatic rings. The molecule has 118 valence electrons. The largest absolute Gasteiger partial charge is 0.415 e. The molecule has 5 nitrogen and oxygen atoms in total. The zero-order valence-corrected chi connectivity index (χ0v) is 14.7. The van der Waals surface area contributed by atoms with Gasteiger partial charge in [-0.25, -0.2) is 0 Å². The van der Waals surface area contributed by atoms with E-state index in [1.54, 1.807) is 11.8 Å². The third-order valence-electron chi connectivity index (χ3n) is 2.98. The summed E-state index contributed by atoms with van der Waals surface area (Å²) in [6.45, 7) is 6.04. The Morgan fingerprint density at radius 1 is 1.23 bits per heavy atom. The summed E-state index contributed by atoms with van der Waals surface area (Å²) in [5, 5.41) is 11.2. The monoisotopic (exact) mass is 337 g/mol. The van der Waals surface area contributed by atoms with Crippen molar-refractivity contribution in [3.63, 3.8) is 0 Å². The van der Waals surface area contributed by atoms with E-state index in [9.17, 15) is 4.79 Å². The van der Waals surface area contributed by atoms with Crippen molar-refractivity contribution in [1.82, 2.24) is 10.2 Å². The number of carbonyl (C=O) groups is 1. The van der Waals surface area contributed by atoms with E-state index < -0.39 is 0 Å². The molecule has 0 saturated heterocycles. The zero-order chi connectivity index (χ0) is 16.1. The first-order valence-electron chi connectivity index (χ1n) is 6.81. The molecule has 1 aromatic carbocycles. The fourth-order valence-electron chi connectivity index (χ4n) is 2.16. The molecule has 0 aliphatic carbocycles. The van der Waals surface area contributed by atoms with Crippen LogP contribution in [0.3, 0.4) is 0 Å². The fraction of sp³-hybridized carbons (Fsp3) is 0.400. The van der Waals surface area contributed by atoms with Crippen molar-refractivity contribution in [3.8, 4) is 0 Å². The fourth-order valence-corrected chi connectivity index (χ4v) is 3.10. The first kappa shape index (κ1) is 16.9. The molecule has 2 rings (SSSR count). The van der Waals surface area contributed by atoms with E-state index in [0.717, 1.165) is 16.8 Å². The number of aryl methyl sites for hydroxylation is 3. The van der Waals surface area contributed by atoms with Crippen molar-refractivity contribution < 1.29 is 9.21 Å². The second-order valence-corrected chi connectivity index (χ2v) is 6.80. The number of aromatic nitrogens is 2. The summed E-state index contributed by atoms with van der Waals surface area (Å²) < 4.78 is 5.43. The van der Waals surface area contributed by atoms with Gasteiger partial charge in [-0.05, 0) is 38.2 Å². The third-order valence-corrected chi connectivity index (χ3v) is 4.34. The van der Waals surface area contributed by atoms with E-state index in [4.69, 9.17) is 4.42 Å². The second-order valence-electron chi connectivity index (χ2n) is 5.01. The van der Waals surface area contributed by atoms with Gasteiger partial charge in [-0.2, -0.15) is 11.8 Å². The molecular weight excluding hydrogens is 318 g/mol. The van der Waals surface area contributed by atoms with Crippen molar-refractivity contribution in [2.45, 2.75) is 31.7 Å². The highest BCUT2D eigenvalue weighted by atomic mass is 32.2. The van der Waals surface area contributed by atoms with Crippen LogP contribution in [0, 0.1) is 20.8 Å². The Morgan fingerprint density at radius 3 is 2.55 bits per heavy atom. The lowest BCUT2D eigenvalue weighted by Crippen LogP contribution is -2.15. The first-order chi connectivity index (χ1) is 10.5. The van der Waals surface area contributed by atoms with Gasteiger partial charge in [-0.3, -0.25) is 4.79 Å². The molecule has 0 atom stereocenters. The quantitative estimate of drug-likeness (QED) is 0.813. The molecule has 7 heteroatoms. The Kier molecular flexibility index (Phi) is 5.90. The van der Waals surface area contributed by atoms with Crippen LogP contribution >= 0.6 is 23.5 Å². The lowest BCUT2D eigenvalue weighted by molar-refractivity contribution is -0.113. The van der Waals surface area contributed by atoms with Crippen molar-refractivity contribution in [1.29, 1.82) is 0 Å². The van der Waals surface area contributed by atoms with Gasteiger partial charge in [0.2, 0.25) is 11.8 Å². The van der Waals surface area contributed by atoms with Gasteiger partial charge in [0.15, 0.2) is 0 Å². The molecule has 1 N–H and O–H groups in total. The molecule has 2 aromatic rings. The number of amides is 1. The number of benzene rings is 1. The van der Waals surface area contributed by atoms with Gasteiger partial charge < -0.3 is 9.73 Å². The summed E-state index contributed by atoms with van der Waals surface area (Å²) in [6, 6.07) is 4.12. The molecule has 0 unspecified atom stereocenters. The third kappa shape index (κ3) is 4.51. The predicted octanol–water partition coefficient (Wildman–Crippen LogP) is 3.59. The van der Waals surface area contributed by atoms with Gasteiger partial charge in [-0.15, -0.1) is 10.2 Å². The highest BCUT2D eigenvalue weighted by Crippen LogP contribution is 2.23. The molecule has 0 spiro atoms. The molecule has 1 aromatic heterocycles. The van der Waals surface area contributed by atoms with E-state index in [0.29, 0.717) is 16.9 Å². The zero-order valence-electron chi connectivity index (χ0n) is 13.1. The van der Waals surface area contributed by atoms with Gasteiger partial charge >= 0.3 is 0 Å². The number of hydrogen-bond donors (Lipinski definition) is 1. The minimum absolute atomic E-state index is 0.0790. The molecule has 0 aliphatic heterocycles. The van der Waals surface area contributed by atoms with Crippen LogP contribution in [0.2, 0.25) is 0 Å². The SMILES string of the molecule is CSCc1nnc(SCC(=O)Nc2c(C)cc(C)cc2C)o1. The van der Waals surface area contributed by atoms with Gasteiger partial charge in [-0.1, -0.05) is 29.5 Å². The number of hydrogen-bond acceptors (Lipinski definition) is 6. The Balaban J connectivity index is 1.93. The molecule has 1 heterocycles. The molecule has 0 fully saturated rings. The topological polar surface area (TPSA) is 68.0 Å². The van der Waals surface area contributed by atoms with Crippen molar-refractivity contribution in [3.05, 3.63) is 34.7 Å². The molecular formula is C15H19N3O2S2. The minimum Gasteiger partial charge on any atom is -0.415 e. The summed E-state index contributed by atoms with van der Waals surface area (Å²) in [7, 11) is 0. The molecule has 1 amide bonds. The summed E-state index contributed by atoms with van der Waals surface area (Å²) >= 11 is 2.86. The average molecular weight is 337 g/mol. The minimum atomic E-state index is -0.0790. The van der Waals surface area contributed by atoms with Gasteiger partial charge in [0.05, 0.1) is 11.5 Å². The Morgan fingerprint density at radius 2 is 1.91 bits per heavy atom. The number of thioether (sulfide) groups is 2.